The van der Waals surface area contributed by atoms with Crippen molar-refractivity contribution >= 4 is 15.8 Å². The molecule has 2 aliphatic rings. The first-order valence-corrected chi connectivity index (χ1v) is 13.5. The molecule has 2 heterocycles. The van der Waals surface area contributed by atoms with Crippen molar-refractivity contribution in [1.82, 2.24) is 9.71 Å². The van der Waals surface area contributed by atoms with Crippen LogP contribution in [-0.2, 0) is 26.7 Å². The summed E-state index contributed by atoms with van der Waals surface area (Å²) in [5.41, 5.74) is 2.51. The van der Waals surface area contributed by atoms with Crippen molar-refractivity contribution in [1.29, 1.82) is 0 Å². The predicted octanol–water partition coefficient (Wildman–Crippen LogP) is 3.37. The Labute approximate surface area is 210 Å². The molecule has 0 bridgehead atoms. The number of carbonyl (C=O) groups excluding carboxylic acids is 1. The molecule has 2 aromatic carbocycles. The average molecular weight is 509 g/mol. The van der Waals surface area contributed by atoms with Crippen molar-refractivity contribution < 1.29 is 27.8 Å². The normalized spacial score (nSPS) is 16.5. The highest BCUT2D eigenvalue weighted by molar-refractivity contribution is 7.89. The molecule has 1 aliphatic heterocycles. The molecule has 9 heteroatoms. The van der Waals surface area contributed by atoms with E-state index < -0.39 is 21.5 Å². The summed E-state index contributed by atoms with van der Waals surface area (Å²) >= 11 is 0. The van der Waals surface area contributed by atoms with Gasteiger partial charge in [-0.25, -0.2) is 13.1 Å². The highest BCUT2D eigenvalue weighted by Gasteiger charge is 2.51. The van der Waals surface area contributed by atoms with E-state index in [0.717, 1.165) is 24.0 Å². The Morgan fingerprint density at radius 2 is 1.83 bits per heavy atom. The van der Waals surface area contributed by atoms with Crippen LogP contribution in [0, 0.1) is 0 Å². The van der Waals surface area contributed by atoms with Crippen LogP contribution < -0.4 is 14.2 Å². The molecule has 0 amide bonds. The largest absolute Gasteiger partial charge is 0.454 e. The average Bonchev–Trinajstić information content (AvgIpc) is 3.58. The quantitative estimate of drug-likeness (QED) is 0.431. The van der Waals surface area contributed by atoms with E-state index in [9.17, 15) is 18.3 Å². The maximum atomic E-state index is 13.3. The van der Waals surface area contributed by atoms with Crippen molar-refractivity contribution in [3.05, 3.63) is 71.9 Å². The van der Waals surface area contributed by atoms with Crippen LogP contribution in [-0.4, -0.2) is 43.7 Å². The third-order valence-corrected chi connectivity index (χ3v) is 8.39. The van der Waals surface area contributed by atoms with Crippen LogP contribution in [0.5, 0.6) is 11.5 Å². The lowest BCUT2D eigenvalue weighted by atomic mass is 9.88. The third kappa shape index (κ3) is 4.74. The zero-order chi connectivity index (χ0) is 25.3. The van der Waals surface area contributed by atoms with Gasteiger partial charge in [-0.2, -0.15) is 0 Å². The molecule has 0 spiro atoms. The molecule has 5 rings (SSSR count). The Balaban J connectivity index is 1.31. The van der Waals surface area contributed by atoms with Gasteiger partial charge < -0.3 is 14.6 Å². The number of fused-ring (bicyclic) bond motifs is 1. The molecule has 0 unspecified atom stereocenters. The predicted molar refractivity (Wildman–Crippen MR) is 133 cm³/mol. The van der Waals surface area contributed by atoms with Gasteiger partial charge in [-0.05, 0) is 61.2 Å². The zero-order valence-corrected chi connectivity index (χ0v) is 20.8. The van der Waals surface area contributed by atoms with E-state index in [1.165, 1.54) is 12.1 Å². The summed E-state index contributed by atoms with van der Waals surface area (Å²) in [5.74, 6) is 1.49. The number of nitrogens with zero attached hydrogens (tertiary/aromatic N) is 1. The highest BCUT2D eigenvalue weighted by atomic mass is 32.2. The smallest absolute Gasteiger partial charge is 0.240 e. The van der Waals surface area contributed by atoms with Crippen LogP contribution in [0.4, 0.5) is 0 Å². The molecular weight excluding hydrogens is 480 g/mol. The number of rotatable bonds is 10. The molecule has 1 aromatic heterocycles. The van der Waals surface area contributed by atoms with Crippen LogP contribution in [0.3, 0.4) is 0 Å². The Kier molecular flexibility index (Phi) is 6.55. The summed E-state index contributed by atoms with van der Waals surface area (Å²) in [6.45, 7) is 1.73. The molecule has 1 atom stereocenters. The van der Waals surface area contributed by atoms with E-state index in [1.54, 1.807) is 19.1 Å². The van der Waals surface area contributed by atoms with Crippen molar-refractivity contribution in [2.75, 3.05) is 13.4 Å². The van der Waals surface area contributed by atoms with Gasteiger partial charge in [-0.15, -0.1) is 0 Å². The van der Waals surface area contributed by atoms with Gasteiger partial charge in [0.15, 0.2) is 11.5 Å². The van der Waals surface area contributed by atoms with Gasteiger partial charge in [0.1, 0.15) is 5.78 Å². The summed E-state index contributed by atoms with van der Waals surface area (Å²) in [5, 5.41) is 9.30. The second kappa shape index (κ2) is 9.65. The lowest BCUT2D eigenvalue weighted by Crippen LogP contribution is -2.36. The number of ketones is 1. The molecule has 1 saturated carbocycles. The zero-order valence-electron chi connectivity index (χ0n) is 19.9. The summed E-state index contributed by atoms with van der Waals surface area (Å²) in [6, 6.07) is 17.1. The van der Waals surface area contributed by atoms with E-state index in [1.807, 2.05) is 36.4 Å². The number of sulfonamides is 1. The molecule has 1 fully saturated rings. The molecule has 8 nitrogen and oxygen atoms in total. The number of nitrogens with one attached hydrogen (secondary N) is 1. The van der Waals surface area contributed by atoms with Crippen molar-refractivity contribution in [3.8, 4) is 22.8 Å². The topological polar surface area (TPSA) is 115 Å². The van der Waals surface area contributed by atoms with E-state index in [2.05, 4.69) is 9.71 Å². The molecule has 0 saturated heterocycles. The van der Waals surface area contributed by atoms with Gasteiger partial charge in [0, 0.05) is 23.7 Å². The molecule has 3 aromatic rings. The highest BCUT2D eigenvalue weighted by Crippen LogP contribution is 2.51. The first-order chi connectivity index (χ1) is 17.3. The van der Waals surface area contributed by atoms with E-state index in [4.69, 9.17) is 9.47 Å². The first-order valence-electron chi connectivity index (χ1n) is 12.0. The fraction of sp³-hybridized carbons (Fsp3) is 0.333. The first kappa shape index (κ1) is 24.4. The molecule has 2 N–H and O–H groups in total. The Hall–Kier alpha value is -3.27. The minimum Gasteiger partial charge on any atom is -0.454 e. The number of hydrogen-bond acceptors (Lipinski definition) is 7. The van der Waals surface area contributed by atoms with E-state index >= 15 is 0 Å². The monoisotopic (exact) mass is 508 g/mol. The van der Waals surface area contributed by atoms with Gasteiger partial charge in [0.2, 0.25) is 16.8 Å². The number of hydrogen-bond donors (Lipinski definition) is 2. The summed E-state index contributed by atoms with van der Waals surface area (Å²) in [6.07, 6.45) is 2.28. The fourth-order valence-corrected chi connectivity index (χ4v) is 5.77. The summed E-state index contributed by atoms with van der Waals surface area (Å²) in [4.78, 5) is 18.1. The van der Waals surface area contributed by atoms with Gasteiger partial charge in [0.25, 0.3) is 0 Å². The number of benzene rings is 2. The van der Waals surface area contributed by atoms with Crippen molar-refractivity contribution in [3.63, 3.8) is 0 Å². The lowest BCUT2D eigenvalue weighted by molar-refractivity contribution is -0.120. The van der Waals surface area contributed by atoms with Gasteiger partial charge >= 0.3 is 0 Å². The SMILES string of the molecule is CC[C@H](CO)NS(=O)(=O)c1ccc(-c2cccc(CC(=O)C3(c4ccc5c(c4)OCO5)CC3)n2)cc1. The van der Waals surface area contributed by atoms with E-state index in [-0.39, 0.29) is 30.5 Å². The second-order valence-electron chi connectivity index (χ2n) is 9.20. The fourth-order valence-electron chi connectivity index (χ4n) is 4.46. The Morgan fingerprint density at radius 1 is 1.08 bits per heavy atom. The maximum absolute atomic E-state index is 13.3. The second-order valence-corrected chi connectivity index (χ2v) is 10.9. The number of ether oxygens (including phenoxy) is 2. The van der Waals surface area contributed by atoms with Gasteiger partial charge in [-0.1, -0.05) is 31.2 Å². The van der Waals surface area contributed by atoms with Crippen LogP contribution in [0.25, 0.3) is 11.3 Å². The number of carbonyl (C=O) groups is 1. The minimum atomic E-state index is -3.74. The summed E-state index contributed by atoms with van der Waals surface area (Å²) < 4.78 is 38.5. The third-order valence-electron chi connectivity index (χ3n) is 6.85. The molecule has 1 aliphatic carbocycles. The standard InChI is InChI=1S/C27H28N2O6S/c1-2-20(16-30)29-36(32,33)22-9-6-18(7-10-22)23-5-3-4-21(28-23)15-26(31)27(12-13-27)19-8-11-24-25(14-19)35-17-34-24/h3-11,14,20,29-30H,2,12-13,15-17H2,1H3/t20-/m1/s1. The molecule has 0 radical (unpaired) electrons. The number of aliphatic hydroxyl groups excluding tert-OH is 1. The molecule has 188 valence electrons. The number of aromatic nitrogens is 1. The maximum Gasteiger partial charge on any atom is 0.240 e. The van der Waals surface area contributed by atoms with Gasteiger partial charge in [-0.3, -0.25) is 9.78 Å². The van der Waals surface area contributed by atoms with Crippen molar-refractivity contribution in [2.45, 2.75) is 49.0 Å². The molecule has 36 heavy (non-hydrogen) atoms. The Bertz CT molecular complexity index is 1380. The van der Waals surface area contributed by atoms with Crippen molar-refractivity contribution in [2.24, 2.45) is 0 Å². The van der Waals surface area contributed by atoms with Crippen LogP contribution in [0.2, 0.25) is 0 Å². The van der Waals surface area contributed by atoms with Crippen LogP contribution in [0.15, 0.2) is 65.6 Å². The lowest BCUT2D eigenvalue weighted by Gasteiger charge is -2.15. The number of aliphatic hydroxyl groups is 1. The van der Waals surface area contributed by atoms with E-state index in [0.29, 0.717) is 29.3 Å². The number of pyridine rings is 1. The number of Topliss-reactive ketones (excluding diaryl/α,β-unsaturated/α-hetero) is 1. The minimum absolute atomic E-state index is 0.115. The van der Waals surface area contributed by atoms with Gasteiger partial charge in [0.05, 0.1) is 22.6 Å². The van der Waals surface area contributed by atoms with Crippen LogP contribution >= 0.6 is 0 Å². The van der Waals surface area contributed by atoms with Crippen LogP contribution in [0.1, 0.15) is 37.4 Å². The Morgan fingerprint density at radius 3 is 2.53 bits per heavy atom. The summed E-state index contributed by atoms with van der Waals surface area (Å²) in [7, 11) is -3.74. The molecular formula is C27H28N2O6S.